The van der Waals surface area contributed by atoms with Crippen LogP contribution in [0.25, 0.3) is 11.3 Å². The Kier molecular flexibility index (Phi) is 3.36. The molecular formula is C13H15NOS. The van der Waals surface area contributed by atoms with Gasteiger partial charge in [0.15, 0.2) is 0 Å². The Bertz CT molecular complexity index is 490. The van der Waals surface area contributed by atoms with Gasteiger partial charge in [-0.05, 0) is 19.4 Å². The lowest BCUT2D eigenvalue weighted by Crippen LogP contribution is -1.90. The molecule has 0 bridgehead atoms. The Morgan fingerprint density at radius 2 is 2.12 bits per heavy atom. The van der Waals surface area contributed by atoms with E-state index in [0.29, 0.717) is 6.42 Å². The second-order valence-corrected chi connectivity index (χ2v) is 4.86. The summed E-state index contributed by atoms with van der Waals surface area (Å²) in [6.45, 7) is 4.36. The highest BCUT2D eigenvalue weighted by Gasteiger charge is 2.06. The van der Waals surface area contributed by atoms with Gasteiger partial charge in [-0.25, -0.2) is 4.98 Å². The minimum absolute atomic E-state index is 0.167. The van der Waals surface area contributed by atoms with E-state index < -0.39 is 0 Å². The molecule has 2 aromatic rings. The molecule has 1 heterocycles. The van der Waals surface area contributed by atoms with Crippen molar-refractivity contribution in [1.29, 1.82) is 0 Å². The molecule has 16 heavy (non-hydrogen) atoms. The Hall–Kier alpha value is -1.19. The Morgan fingerprint density at radius 3 is 2.81 bits per heavy atom. The molecule has 3 heteroatoms. The molecule has 1 N–H and O–H groups in total. The van der Waals surface area contributed by atoms with Gasteiger partial charge in [0, 0.05) is 24.0 Å². The zero-order valence-electron chi connectivity index (χ0n) is 9.53. The SMILES string of the molecule is Cc1ccc(-c2csc(CCO)n2)c(C)c1. The first kappa shape index (κ1) is 11.3. The van der Waals surface area contributed by atoms with E-state index in [-0.39, 0.29) is 6.61 Å². The lowest BCUT2D eigenvalue weighted by Gasteiger charge is -2.03. The third-order valence-corrected chi connectivity index (χ3v) is 3.44. The highest BCUT2D eigenvalue weighted by atomic mass is 32.1. The number of aromatic nitrogens is 1. The average Bonchev–Trinajstić information content (AvgIpc) is 2.67. The first-order valence-electron chi connectivity index (χ1n) is 5.33. The maximum atomic E-state index is 8.86. The van der Waals surface area contributed by atoms with Gasteiger partial charge in [-0.3, -0.25) is 0 Å². The summed E-state index contributed by atoms with van der Waals surface area (Å²) in [5, 5.41) is 11.9. The number of aliphatic hydroxyl groups is 1. The summed E-state index contributed by atoms with van der Waals surface area (Å²) in [7, 11) is 0. The molecule has 0 aliphatic rings. The van der Waals surface area contributed by atoms with Crippen LogP contribution in [0.1, 0.15) is 16.1 Å². The van der Waals surface area contributed by atoms with Crippen molar-refractivity contribution in [2.75, 3.05) is 6.61 Å². The van der Waals surface area contributed by atoms with Crippen LogP contribution in [0, 0.1) is 13.8 Å². The third kappa shape index (κ3) is 2.31. The first-order valence-corrected chi connectivity index (χ1v) is 6.21. The van der Waals surface area contributed by atoms with Crippen molar-refractivity contribution in [3.63, 3.8) is 0 Å². The number of benzene rings is 1. The minimum atomic E-state index is 0.167. The number of nitrogens with zero attached hydrogens (tertiary/aromatic N) is 1. The number of hydrogen-bond donors (Lipinski definition) is 1. The van der Waals surface area contributed by atoms with Gasteiger partial charge >= 0.3 is 0 Å². The summed E-state index contributed by atoms with van der Waals surface area (Å²) in [5.41, 5.74) is 4.73. The average molecular weight is 233 g/mol. The van der Waals surface area contributed by atoms with Crippen LogP contribution in [0.15, 0.2) is 23.6 Å². The van der Waals surface area contributed by atoms with Crippen molar-refractivity contribution in [3.8, 4) is 11.3 Å². The van der Waals surface area contributed by atoms with Crippen molar-refractivity contribution in [1.82, 2.24) is 4.98 Å². The summed E-state index contributed by atoms with van der Waals surface area (Å²) in [6.07, 6.45) is 0.648. The third-order valence-electron chi connectivity index (χ3n) is 2.54. The van der Waals surface area contributed by atoms with Gasteiger partial charge in [-0.15, -0.1) is 11.3 Å². The second kappa shape index (κ2) is 4.76. The zero-order chi connectivity index (χ0) is 11.5. The van der Waals surface area contributed by atoms with Crippen LogP contribution in [-0.2, 0) is 6.42 Å². The van der Waals surface area contributed by atoms with Crippen molar-refractivity contribution < 1.29 is 5.11 Å². The molecule has 0 radical (unpaired) electrons. The molecule has 2 rings (SSSR count). The molecule has 0 amide bonds. The van der Waals surface area contributed by atoms with Crippen LogP contribution in [-0.4, -0.2) is 16.7 Å². The summed E-state index contributed by atoms with van der Waals surface area (Å²) >= 11 is 1.61. The van der Waals surface area contributed by atoms with E-state index >= 15 is 0 Å². The molecule has 84 valence electrons. The number of aliphatic hydroxyl groups excluding tert-OH is 1. The number of thiazole rings is 1. The highest BCUT2D eigenvalue weighted by molar-refractivity contribution is 7.09. The summed E-state index contributed by atoms with van der Waals surface area (Å²) < 4.78 is 0. The quantitative estimate of drug-likeness (QED) is 0.884. The molecule has 1 aromatic carbocycles. The summed E-state index contributed by atoms with van der Waals surface area (Å²) in [6, 6.07) is 6.39. The van der Waals surface area contributed by atoms with E-state index in [0.717, 1.165) is 10.7 Å². The molecular weight excluding hydrogens is 218 g/mol. The fourth-order valence-electron chi connectivity index (χ4n) is 1.75. The van der Waals surface area contributed by atoms with Gasteiger partial charge in [0.2, 0.25) is 0 Å². The Labute approximate surface area is 99.6 Å². The molecule has 0 saturated heterocycles. The van der Waals surface area contributed by atoms with Gasteiger partial charge in [-0.1, -0.05) is 23.8 Å². The van der Waals surface area contributed by atoms with E-state index in [1.807, 2.05) is 0 Å². The van der Waals surface area contributed by atoms with Crippen molar-refractivity contribution in [2.45, 2.75) is 20.3 Å². The molecule has 0 fully saturated rings. The minimum Gasteiger partial charge on any atom is -0.396 e. The van der Waals surface area contributed by atoms with Gasteiger partial charge in [0.05, 0.1) is 10.7 Å². The lowest BCUT2D eigenvalue weighted by atomic mass is 10.0. The van der Waals surface area contributed by atoms with Crippen molar-refractivity contribution in [2.24, 2.45) is 0 Å². The number of aryl methyl sites for hydroxylation is 2. The molecule has 0 aliphatic heterocycles. The largest absolute Gasteiger partial charge is 0.396 e. The molecule has 1 aromatic heterocycles. The maximum Gasteiger partial charge on any atom is 0.0955 e. The Morgan fingerprint density at radius 1 is 1.31 bits per heavy atom. The standard InChI is InChI=1S/C13H15NOS/c1-9-3-4-11(10(2)7-9)12-8-16-13(14-12)5-6-15/h3-4,7-8,15H,5-6H2,1-2H3. The zero-order valence-corrected chi connectivity index (χ0v) is 10.3. The fraction of sp³-hybridized carbons (Fsp3) is 0.308. The molecule has 0 unspecified atom stereocenters. The topological polar surface area (TPSA) is 33.1 Å². The fourth-order valence-corrected chi connectivity index (χ4v) is 2.53. The van der Waals surface area contributed by atoms with Gasteiger partial charge in [0.25, 0.3) is 0 Å². The second-order valence-electron chi connectivity index (χ2n) is 3.92. The van der Waals surface area contributed by atoms with Crippen molar-refractivity contribution in [3.05, 3.63) is 39.7 Å². The van der Waals surface area contributed by atoms with Crippen LogP contribution in [0.5, 0.6) is 0 Å². The smallest absolute Gasteiger partial charge is 0.0955 e. The van der Waals surface area contributed by atoms with Gasteiger partial charge < -0.3 is 5.11 Å². The van der Waals surface area contributed by atoms with E-state index in [2.05, 4.69) is 42.4 Å². The van der Waals surface area contributed by atoms with Crippen LogP contribution in [0.4, 0.5) is 0 Å². The van der Waals surface area contributed by atoms with Crippen LogP contribution in [0.3, 0.4) is 0 Å². The summed E-state index contributed by atoms with van der Waals surface area (Å²) in [4.78, 5) is 4.52. The molecule has 0 saturated carbocycles. The van der Waals surface area contributed by atoms with Crippen molar-refractivity contribution >= 4 is 11.3 Å². The lowest BCUT2D eigenvalue weighted by molar-refractivity contribution is 0.299. The van der Waals surface area contributed by atoms with E-state index in [9.17, 15) is 0 Å². The van der Waals surface area contributed by atoms with E-state index in [1.165, 1.54) is 16.7 Å². The van der Waals surface area contributed by atoms with E-state index in [1.54, 1.807) is 11.3 Å². The number of hydrogen-bond acceptors (Lipinski definition) is 3. The monoisotopic (exact) mass is 233 g/mol. The van der Waals surface area contributed by atoms with Gasteiger partial charge in [0.1, 0.15) is 0 Å². The van der Waals surface area contributed by atoms with E-state index in [4.69, 9.17) is 5.11 Å². The Balaban J connectivity index is 2.35. The predicted octanol–water partition coefficient (Wildman–Crippen LogP) is 2.96. The molecule has 0 aliphatic carbocycles. The first-order chi connectivity index (χ1) is 7.70. The highest BCUT2D eigenvalue weighted by Crippen LogP contribution is 2.25. The molecule has 0 spiro atoms. The van der Waals surface area contributed by atoms with Crippen LogP contribution < -0.4 is 0 Å². The number of rotatable bonds is 3. The van der Waals surface area contributed by atoms with Gasteiger partial charge in [-0.2, -0.15) is 0 Å². The predicted molar refractivity (Wildman–Crippen MR) is 67.8 cm³/mol. The molecule has 0 atom stereocenters. The summed E-state index contributed by atoms with van der Waals surface area (Å²) in [5.74, 6) is 0. The maximum absolute atomic E-state index is 8.86. The normalized spacial score (nSPS) is 10.7. The van der Waals surface area contributed by atoms with Crippen LogP contribution >= 0.6 is 11.3 Å². The molecule has 2 nitrogen and oxygen atoms in total. The van der Waals surface area contributed by atoms with Crippen LogP contribution in [0.2, 0.25) is 0 Å².